The number of amides is 1. The normalized spacial score (nSPS) is 22.2. The van der Waals surface area contributed by atoms with E-state index in [1.165, 1.54) is 0 Å². The Morgan fingerprint density at radius 1 is 1.29 bits per heavy atom. The molecule has 1 aromatic rings. The van der Waals surface area contributed by atoms with E-state index in [4.69, 9.17) is 14.0 Å². The molecule has 1 saturated heterocycles. The summed E-state index contributed by atoms with van der Waals surface area (Å²) >= 11 is 0. The van der Waals surface area contributed by atoms with Crippen LogP contribution < -0.4 is 0 Å². The van der Waals surface area contributed by atoms with Crippen LogP contribution in [0.1, 0.15) is 35.7 Å². The van der Waals surface area contributed by atoms with E-state index < -0.39 is 5.97 Å². The summed E-state index contributed by atoms with van der Waals surface area (Å²) in [5.41, 5.74) is 0.741. The first-order valence-electron chi connectivity index (χ1n) is 6.91. The monoisotopic (exact) mass is 296 g/mol. The average molecular weight is 296 g/mol. The van der Waals surface area contributed by atoms with Crippen molar-refractivity contribution < 1.29 is 23.6 Å². The predicted octanol–water partition coefficient (Wildman–Crippen LogP) is 1.08. The molecule has 0 bridgehead atoms. The van der Waals surface area contributed by atoms with Crippen LogP contribution in [0.25, 0.3) is 0 Å². The van der Waals surface area contributed by atoms with Crippen LogP contribution in [0.2, 0.25) is 0 Å². The van der Waals surface area contributed by atoms with Gasteiger partial charge in [0.25, 0.3) is 5.91 Å². The Morgan fingerprint density at radius 2 is 1.90 bits per heavy atom. The first kappa shape index (κ1) is 15.5. The van der Waals surface area contributed by atoms with E-state index >= 15 is 0 Å². The molecule has 0 unspecified atom stereocenters. The Bertz CT molecular complexity index is 510. The first-order valence-corrected chi connectivity index (χ1v) is 6.91. The third-order valence-electron chi connectivity index (χ3n) is 3.34. The minimum Gasteiger partial charge on any atom is -0.452 e. The summed E-state index contributed by atoms with van der Waals surface area (Å²) in [5, 5.41) is 3.69. The summed E-state index contributed by atoms with van der Waals surface area (Å²) < 4.78 is 15.5. The predicted molar refractivity (Wildman–Crippen MR) is 72.8 cm³/mol. The molecular weight excluding hydrogens is 276 g/mol. The van der Waals surface area contributed by atoms with Crippen molar-refractivity contribution in [3.05, 3.63) is 17.0 Å². The number of ether oxygens (including phenoxy) is 2. The molecule has 2 rings (SSSR count). The van der Waals surface area contributed by atoms with Crippen molar-refractivity contribution in [3.8, 4) is 0 Å². The van der Waals surface area contributed by atoms with Gasteiger partial charge in [-0.15, -0.1) is 0 Å². The van der Waals surface area contributed by atoms with Crippen LogP contribution in [0.5, 0.6) is 0 Å². The van der Waals surface area contributed by atoms with Crippen LogP contribution in [-0.2, 0) is 14.3 Å². The first-order chi connectivity index (χ1) is 9.88. The van der Waals surface area contributed by atoms with Gasteiger partial charge in [0.1, 0.15) is 11.3 Å². The lowest BCUT2D eigenvalue weighted by molar-refractivity contribution is -0.146. The number of morpholine rings is 1. The van der Waals surface area contributed by atoms with Crippen LogP contribution >= 0.6 is 0 Å². The molecule has 1 fully saturated rings. The van der Waals surface area contributed by atoms with E-state index in [0.717, 1.165) is 0 Å². The second-order valence-electron chi connectivity index (χ2n) is 5.33. The molecule has 7 heteroatoms. The highest BCUT2D eigenvalue weighted by Crippen LogP contribution is 2.14. The highest BCUT2D eigenvalue weighted by atomic mass is 16.5. The quantitative estimate of drug-likeness (QED) is 0.776. The highest BCUT2D eigenvalue weighted by molar-refractivity contribution is 5.93. The molecule has 2 atom stereocenters. The van der Waals surface area contributed by atoms with Gasteiger partial charge in [0.05, 0.1) is 17.9 Å². The molecule has 2 heterocycles. The number of carbonyl (C=O) groups is 2. The second kappa shape index (κ2) is 6.26. The molecule has 0 aliphatic carbocycles. The molecule has 0 aromatic carbocycles. The lowest BCUT2D eigenvalue weighted by atomic mass is 10.2. The summed E-state index contributed by atoms with van der Waals surface area (Å²) in [5.74, 6) is -0.426. The lowest BCUT2D eigenvalue weighted by Crippen LogP contribution is -2.49. The van der Waals surface area contributed by atoms with Crippen LogP contribution in [0.4, 0.5) is 0 Å². The van der Waals surface area contributed by atoms with Crippen LogP contribution in [-0.4, -0.2) is 53.8 Å². The zero-order chi connectivity index (χ0) is 15.6. The summed E-state index contributed by atoms with van der Waals surface area (Å²) in [4.78, 5) is 25.7. The number of hydrogen-bond acceptors (Lipinski definition) is 6. The minimum absolute atomic E-state index is 0.0176. The van der Waals surface area contributed by atoms with Crippen LogP contribution in [0.15, 0.2) is 4.52 Å². The number of aromatic nitrogens is 1. The van der Waals surface area contributed by atoms with Gasteiger partial charge in [-0.25, -0.2) is 4.79 Å². The van der Waals surface area contributed by atoms with E-state index in [-0.39, 0.29) is 30.3 Å². The lowest BCUT2D eigenvalue weighted by Gasteiger charge is -2.35. The van der Waals surface area contributed by atoms with Crippen LogP contribution in [0, 0.1) is 13.8 Å². The summed E-state index contributed by atoms with van der Waals surface area (Å²) in [7, 11) is 0. The maximum Gasteiger partial charge on any atom is 0.344 e. The minimum atomic E-state index is -0.589. The number of esters is 1. The third kappa shape index (κ3) is 3.60. The molecule has 0 radical (unpaired) electrons. The van der Waals surface area contributed by atoms with E-state index in [9.17, 15) is 9.59 Å². The summed E-state index contributed by atoms with van der Waals surface area (Å²) in [6, 6.07) is 0. The Hall–Kier alpha value is -1.89. The van der Waals surface area contributed by atoms with Crippen molar-refractivity contribution in [2.75, 3.05) is 19.7 Å². The van der Waals surface area contributed by atoms with Crippen molar-refractivity contribution in [2.24, 2.45) is 0 Å². The molecule has 7 nitrogen and oxygen atoms in total. The van der Waals surface area contributed by atoms with Gasteiger partial charge < -0.3 is 18.9 Å². The van der Waals surface area contributed by atoms with Crippen molar-refractivity contribution in [1.82, 2.24) is 10.1 Å². The Labute approximate surface area is 123 Å². The zero-order valence-corrected chi connectivity index (χ0v) is 12.7. The van der Waals surface area contributed by atoms with Crippen molar-refractivity contribution >= 4 is 11.9 Å². The molecule has 0 saturated carbocycles. The van der Waals surface area contributed by atoms with Gasteiger partial charge in [0.15, 0.2) is 6.61 Å². The molecule has 1 amide bonds. The van der Waals surface area contributed by atoms with Crippen molar-refractivity contribution in [3.63, 3.8) is 0 Å². The Kier molecular flexibility index (Phi) is 4.62. The maximum atomic E-state index is 12.1. The number of rotatable bonds is 3. The fourth-order valence-electron chi connectivity index (χ4n) is 2.45. The largest absolute Gasteiger partial charge is 0.452 e. The van der Waals surface area contributed by atoms with Crippen molar-refractivity contribution in [2.45, 2.75) is 39.9 Å². The Balaban J connectivity index is 1.91. The van der Waals surface area contributed by atoms with Gasteiger partial charge in [-0.3, -0.25) is 4.79 Å². The van der Waals surface area contributed by atoms with Crippen LogP contribution in [0.3, 0.4) is 0 Å². The summed E-state index contributed by atoms with van der Waals surface area (Å²) in [6.07, 6.45) is -0.0353. The van der Waals surface area contributed by atoms with Gasteiger partial charge in [0.2, 0.25) is 0 Å². The molecule has 0 N–H and O–H groups in total. The molecular formula is C14H20N2O5. The standard InChI is InChI=1S/C14H20N2O5/c1-8-5-16(6-9(2)20-8)12(17)7-19-14(18)13-10(3)15-21-11(13)4/h8-9H,5-7H2,1-4H3/t8-,9+. The maximum absolute atomic E-state index is 12.1. The van der Waals surface area contributed by atoms with E-state index in [1.54, 1.807) is 18.7 Å². The zero-order valence-electron chi connectivity index (χ0n) is 12.7. The van der Waals surface area contributed by atoms with Gasteiger partial charge in [0, 0.05) is 13.1 Å². The molecule has 0 spiro atoms. The fraction of sp³-hybridized carbons (Fsp3) is 0.643. The molecule has 21 heavy (non-hydrogen) atoms. The summed E-state index contributed by atoms with van der Waals surface area (Å²) in [6.45, 7) is 7.82. The third-order valence-corrected chi connectivity index (χ3v) is 3.34. The molecule has 1 aromatic heterocycles. The number of nitrogens with zero attached hydrogens (tertiary/aromatic N) is 2. The SMILES string of the molecule is Cc1noc(C)c1C(=O)OCC(=O)N1C[C@@H](C)O[C@@H](C)C1. The molecule has 116 valence electrons. The van der Waals surface area contributed by atoms with Gasteiger partial charge in [-0.05, 0) is 27.7 Å². The second-order valence-corrected chi connectivity index (χ2v) is 5.33. The fourth-order valence-corrected chi connectivity index (χ4v) is 2.45. The average Bonchev–Trinajstić information content (AvgIpc) is 2.74. The number of aryl methyl sites for hydroxylation is 2. The van der Waals surface area contributed by atoms with Gasteiger partial charge in [-0.2, -0.15) is 0 Å². The smallest absolute Gasteiger partial charge is 0.344 e. The molecule has 1 aliphatic heterocycles. The van der Waals surface area contributed by atoms with E-state index in [2.05, 4.69) is 5.16 Å². The van der Waals surface area contributed by atoms with E-state index in [0.29, 0.717) is 24.5 Å². The van der Waals surface area contributed by atoms with Crippen molar-refractivity contribution in [1.29, 1.82) is 0 Å². The Morgan fingerprint density at radius 3 is 2.43 bits per heavy atom. The van der Waals surface area contributed by atoms with Gasteiger partial charge >= 0.3 is 5.97 Å². The number of hydrogen-bond donors (Lipinski definition) is 0. The topological polar surface area (TPSA) is 81.9 Å². The van der Waals surface area contributed by atoms with Gasteiger partial charge in [-0.1, -0.05) is 5.16 Å². The molecule has 1 aliphatic rings. The van der Waals surface area contributed by atoms with E-state index in [1.807, 2.05) is 13.8 Å². The highest BCUT2D eigenvalue weighted by Gasteiger charge is 2.27. The number of carbonyl (C=O) groups excluding carboxylic acids is 2.